The Morgan fingerprint density at radius 2 is 1.94 bits per heavy atom. The molecule has 3 amide bonds. The van der Waals surface area contributed by atoms with Crippen molar-refractivity contribution < 1.29 is 19.1 Å². The number of morpholine rings is 1. The third-order valence-corrected chi connectivity index (χ3v) is 5.73. The molecule has 31 heavy (non-hydrogen) atoms. The molecule has 0 radical (unpaired) electrons. The standard InChI is InChI=1S/C21H36N6O4/c1-16-11-25(12-17(2)31-16)13-18-4-7-26(8-5-18)21(29)24-19-10-23-27(14-19)15-20(28)22-6-9-30-3/h10,14,16-18H,4-9,11-13,15H2,1-3H3,(H,22,28)(H,24,29). The molecule has 1 aromatic heterocycles. The number of likely N-dealkylation sites (tertiary alicyclic amines) is 1. The predicted octanol–water partition coefficient (Wildman–Crippen LogP) is 0.999. The molecule has 2 saturated heterocycles. The summed E-state index contributed by atoms with van der Waals surface area (Å²) in [7, 11) is 1.59. The van der Waals surface area contributed by atoms with Crippen LogP contribution in [0.15, 0.2) is 12.4 Å². The minimum atomic E-state index is -0.149. The van der Waals surface area contributed by atoms with Crippen molar-refractivity contribution in [3.05, 3.63) is 12.4 Å². The van der Waals surface area contributed by atoms with Crippen molar-refractivity contribution in [3.8, 4) is 0 Å². The van der Waals surface area contributed by atoms with Crippen LogP contribution in [0.25, 0.3) is 0 Å². The molecule has 2 fully saturated rings. The maximum atomic E-state index is 12.6. The normalized spacial score (nSPS) is 23.0. The zero-order valence-corrected chi connectivity index (χ0v) is 18.9. The van der Waals surface area contributed by atoms with Gasteiger partial charge in [0.25, 0.3) is 0 Å². The lowest BCUT2D eigenvalue weighted by atomic mass is 9.96. The molecule has 2 unspecified atom stereocenters. The van der Waals surface area contributed by atoms with Crippen molar-refractivity contribution in [1.82, 2.24) is 24.9 Å². The van der Waals surface area contributed by atoms with Crippen LogP contribution in [0.3, 0.4) is 0 Å². The van der Waals surface area contributed by atoms with E-state index in [1.807, 2.05) is 4.90 Å². The monoisotopic (exact) mass is 436 g/mol. The highest BCUT2D eigenvalue weighted by molar-refractivity contribution is 5.89. The number of hydrogen-bond donors (Lipinski definition) is 2. The molecule has 3 heterocycles. The largest absolute Gasteiger partial charge is 0.383 e. The van der Waals surface area contributed by atoms with Crippen molar-refractivity contribution in [3.63, 3.8) is 0 Å². The van der Waals surface area contributed by atoms with Gasteiger partial charge in [0.1, 0.15) is 6.54 Å². The van der Waals surface area contributed by atoms with Crippen LogP contribution in [0.4, 0.5) is 10.5 Å². The van der Waals surface area contributed by atoms with Crippen LogP contribution in [-0.2, 0) is 20.8 Å². The molecule has 2 aliphatic rings. The van der Waals surface area contributed by atoms with Gasteiger partial charge in [-0.3, -0.25) is 14.4 Å². The Morgan fingerprint density at radius 1 is 1.23 bits per heavy atom. The van der Waals surface area contributed by atoms with Crippen LogP contribution >= 0.6 is 0 Å². The van der Waals surface area contributed by atoms with Crippen LogP contribution in [0.1, 0.15) is 26.7 Å². The number of amides is 3. The first kappa shape index (κ1) is 23.5. The van der Waals surface area contributed by atoms with Gasteiger partial charge in [0.05, 0.1) is 30.7 Å². The summed E-state index contributed by atoms with van der Waals surface area (Å²) in [5.41, 5.74) is 0.591. The zero-order chi connectivity index (χ0) is 22.2. The first-order valence-corrected chi connectivity index (χ1v) is 11.1. The molecule has 0 aromatic carbocycles. The number of anilines is 1. The number of ether oxygens (including phenoxy) is 2. The molecule has 2 aliphatic heterocycles. The summed E-state index contributed by atoms with van der Waals surface area (Å²) in [4.78, 5) is 28.8. The minimum absolute atomic E-state index is 0.101. The lowest BCUT2D eigenvalue weighted by Crippen LogP contribution is -2.49. The first-order chi connectivity index (χ1) is 14.9. The summed E-state index contributed by atoms with van der Waals surface area (Å²) in [5.74, 6) is 0.463. The summed E-state index contributed by atoms with van der Waals surface area (Å²) < 4.78 is 12.2. The average Bonchev–Trinajstić information content (AvgIpc) is 3.14. The van der Waals surface area contributed by atoms with Crippen molar-refractivity contribution in [2.45, 2.75) is 45.4 Å². The molecule has 0 aliphatic carbocycles. The average molecular weight is 437 g/mol. The Balaban J connectivity index is 1.38. The zero-order valence-electron chi connectivity index (χ0n) is 18.9. The van der Waals surface area contributed by atoms with E-state index in [0.29, 0.717) is 24.8 Å². The van der Waals surface area contributed by atoms with Gasteiger partial charge in [-0.25, -0.2) is 4.79 Å². The predicted molar refractivity (Wildman–Crippen MR) is 117 cm³/mol. The number of hydrogen-bond acceptors (Lipinski definition) is 6. The number of aromatic nitrogens is 2. The fourth-order valence-corrected chi connectivity index (χ4v) is 4.33. The van der Waals surface area contributed by atoms with Crippen LogP contribution in [-0.4, -0.2) is 96.7 Å². The Kier molecular flexibility index (Phi) is 8.68. The SMILES string of the molecule is COCCNC(=O)Cn1cc(NC(=O)N2CCC(CN3CC(C)OC(C)C3)CC2)cn1. The Bertz CT molecular complexity index is 708. The van der Waals surface area contributed by atoms with Gasteiger partial charge < -0.3 is 25.0 Å². The van der Waals surface area contributed by atoms with Crippen molar-refractivity contribution in [1.29, 1.82) is 0 Å². The Hall–Kier alpha value is -2.17. The smallest absolute Gasteiger partial charge is 0.321 e. The Labute approximate surface area is 184 Å². The third-order valence-electron chi connectivity index (χ3n) is 5.73. The molecule has 0 bridgehead atoms. The molecule has 174 valence electrons. The molecule has 10 nitrogen and oxygen atoms in total. The first-order valence-electron chi connectivity index (χ1n) is 11.1. The topological polar surface area (TPSA) is 101 Å². The Morgan fingerprint density at radius 3 is 2.61 bits per heavy atom. The molecule has 0 saturated carbocycles. The van der Waals surface area contributed by atoms with Gasteiger partial charge in [-0.2, -0.15) is 5.10 Å². The van der Waals surface area contributed by atoms with Gasteiger partial charge in [0, 0.05) is 52.6 Å². The number of rotatable bonds is 8. The number of carbonyl (C=O) groups excluding carboxylic acids is 2. The number of carbonyl (C=O) groups is 2. The van der Waals surface area contributed by atoms with Crippen LogP contribution < -0.4 is 10.6 Å². The van der Waals surface area contributed by atoms with Crippen LogP contribution in [0, 0.1) is 5.92 Å². The van der Waals surface area contributed by atoms with E-state index >= 15 is 0 Å². The molecular formula is C21H36N6O4. The van der Waals surface area contributed by atoms with Crippen molar-refractivity contribution in [2.24, 2.45) is 5.92 Å². The van der Waals surface area contributed by atoms with Gasteiger partial charge in [-0.15, -0.1) is 0 Å². The van der Waals surface area contributed by atoms with Crippen molar-refractivity contribution >= 4 is 17.6 Å². The van der Waals surface area contributed by atoms with Gasteiger partial charge >= 0.3 is 6.03 Å². The fourth-order valence-electron chi connectivity index (χ4n) is 4.33. The maximum Gasteiger partial charge on any atom is 0.321 e. The molecular weight excluding hydrogens is 400 g/mol. The van der Waals surface area contributed by atoms with E-state index in [9.17, 15) is 9.59 Å². The number of piperidine rings is 1. The molecule has 2 atom stereocenters. The van der Waals surface area contributed by atoms with Gasteiger partial charge in [-0.1, -0.05) is 0 Å². The van der Waals surface area contributed by atoms with E-state index in [4.69, 9.17) is 9.47 Å². The summed E-state index contributed by atoms with van der Waals surface area (Å²) >= 11 is 0. The minimum Gasteiger partial charge on any atom is -0.383 e. The summed E-state index contributed by atoms with van der Waals surface area (Å²) in [6, 6.07) is -0.115. The second-order valence-corrected chi connectivity index (χ2v) is 8.61. The highest BCUT2D eigenvalue weighted by Crippen LogP contribution is 2.21. The number of urea groups is 1. The highest BCUT2D eigenvalue weighted by atomic mass is 16.5. The summed E-state index contributed by atoms with van der Waals surface area (Å²) in [6.07, 6.45) is 5.82. The van der Waals surface area contributed by atoms with E-state index in [0.717, 1.165) is 45.6 Å². The van der Waals surface area contributed by atoms with Gasteiger partial charge in [0.2, 0.25) is 5.91 Å². The second-order valence-electron chi connectivity index (χ2n) is 8.61. The van der Waals surface area contributed by atoms with Crippen LogP contribution in [0.5, 0.6) is 0 Å². The molecule has 0 spiro atoms. The van der Waals surface area contributed by atoms with E-state index in [1.54, 1.807) is 19.5 Å². The lowest BCUT2D eigenvalue weighted by Gasteiger charge is -2.39. The molecule has 2 N–H and O–H groups in total. The fraction of sp³-hybridized carbons (Fsp3) is 0.762. The van der Waals surface area contributed by atoms with Crippen LogP contribution in [0.2, 0.25) is 0 Å². The van der Waals surface area contributed by atoms with E-state index in [-0.39, 0.29) is 30.7 Å². The van der Waals surface area contributed by atoms with Gasteiger partial charge in [0.15, 0.2) is 0 Å². The van der Waals surface area contributed by atoms with Gasteiger partial charge in [-0.05, 0) is 32.6 Å². The molecule has 10 heteroatoms. The summed E-state index contributed by atoms with van der Waals surface area (Å²) in [6.45, 7) is 9.84. The molecule has 3 rings (SSSR count). The van der Waals surface area contributed by atoms with E-state index in [2.05, 4.69) is 34.5 Å². The maximum absolute atomic E-state index is 12.6. The second kappa shape index (κ2) is 11.4. The van der Waals surface area contributed by atoms with E-state index in [1.165, 1.54) is 4.68 Å². The third kappa shape index (κ3) is 7.48. The van der Waals surface area contributed by atoms with Crippen molar-refractivity contribution in [2.75, 3.05) is 58.3 Å². The summed E-state index contributed by atoms with van der Waals surface area (Å²) in [5, 5.41) is 9.78. The quantitative estimate of drug-likeness (QED) is 0.590. The number of nitrogens with zero attached hydrogens (tertiary/aromatic N) is 4. The number of methoxy groups -OCH3 is 1. The molecule has 1 aromatic rings. The van der Waals surface area contributed by atoms with E-state index < -0.39 is 0 Å². The highest BCUT2D eigenvalue weighted by Gasteiger charge is 2.28. The lowest BCUT2D eigenvalue weighted by molar-refractivity contribution is -0.122. The number of nitrogens with one attached hydrogen (secondary N) is 2.